The summed E-state index contributed by atoms with van der Waals surface area (Å²) in [5.41, 5.74) is 0. The number of carbonyl (C=O) groups excluding carboxylic acids is 1. The van der Waals surface area contributed by atoms with E-state index in [4.69, 9.17) is 0 Å². The third-order valence-electron chi connectivity index (χ3n) is 2.43. The van der Waals surface area contributed by atoms with Gasteiger partial charge < -0.3 is 10.2 Å². The fourth-order valence-electron chi connectivity index (χ4n) is 1.68. The number of hydrogen-bond acceptors (Lipinski definition) is 2. The second-order valence-electron chi connectivity index (χ2n) is 3.65. The minimum Gasteiger partial charge on any atom is -0.355 e. The predicted octanol–water partition coefficient (Wildman–Crippen LogP) is 0.998. The van der Waals surface area contributed by atoms with Crippen LogP contribution < -0.4 is 5.32 Å². The van der Waals surface area contributed by atoms with Gasteiger partial charge in [0.15, 0.2) is 0 Å². The van der Waals surface area contributed by atoms with Gasteiger partial charge in [0.1, 0.15) is 0 Å². The molecule has 1 saturated heterocycles. The van der Waals surface area contributed by atoms with Crippen LogP contribution in [0.2, 0.25) is 0 Å². The van der Waals surface area contributed by atoms with Crippen LogP contribution in [0.3, 0.4) is 0 Å². The molecule has 0 aliphatic carbocycles. The van der Waals surface area contributed by atoms with E-state index in [0.717, 1.165) is 19.5 Å². The molecule has 0 bridgehead atoms. The van der Waals surface area contributed by atoms with E-state index in [1.807, 2.05) is 6.92 Å². The molecule has 3 nitrogen and oxygen atoms in total. The summed E-state index contributed by atoms with van der Waals surface area (Å²) < 4.78 is 0. The Morgan fingerprint density at radius 2 is 2.08 bits per heavy atom. The average Bonchev–Trinajstić information content (AvgIpc) is 2.57. The van der Waals surface area contributed by atoms with Crippen LogP contribution >= 0.6 is 0 Å². The smallest absolute Gasteiger partial charge is 0.220 e. The van der Waals surface area contributed by atoms with Crippen LogP contribution in [0.5, 0.6) is 0 Å². The van der Waals surface area contributed by atoms with Crippen LogP contribution in [0.25, 0.3) is 0 Å². The van der Waals surface area contributed by atoms with Crippen molar-refractivity contribution in [1.82, 2.24) is 10.2 Å². The van der Waals surface area contributed by atoms with E-state index >= 15 is 0 Å². The second kappa shape index (κ2) is 5.97. The summed E-state index contributed by atoms with van der Waals surface area (Å²) in [5, 5.41) is 2.93. The van der Waals surface area contributed by atoms with E-state index in [9.17, 15) is 4.79 Å². The van der Waals surface area contributed by atoms with E-state index in [1.54, 1.807) is 0 Å². The molecule has 0 aromatic rings. The highest BCUT2D eigenvalue weighted by atomic mass is 16.1. The van der Waals surface area contributed by atoms with Crippen molar-refractivity contribution in [2.24, 2.45) is 0 Å². The average molecular weight is 184 g/mol. The van der Waals surface area contributed by atoms with Crippen LogP contribution in [0.15, 0.2) is 0 Å². The Kier molecular flexibility index (Phi) is 4.83. The lowest BCUT2D eigenvalue weighted by Gasteiger charge is -2.14. The summed E-state index contributed by atoms with van der Waals surface area (Å²) in [6, 6.07) is 0. The molecule has 3 heteroatoms. The molecule has 76 valence electrons. The minimum absolute atomic E-state index is 0.196. The van der Waals surface area contributed by atoms with Crippen LogP contribution in [0.4, 0.5) is 0 Å². The summed E-state index contributed by atoms with van der Waals surface area (Å²) >= 11 is 0. The topological polar surface area (TPSA) is 32.3 Å². The Hall–Kier alpha value is -0.570. The Balaban J connectivity index is 1.96. The lowest BCUT2D eigenvalue weighted by atomic mass is 10.3. The lowest BCUT2D eigenvalue weighted by molar-refractivity contribution is -0.121. The molecule has 0 saturated carbocycles. The number of hydrogen-bond donors (Lipinski definition) is 1. The first-order chi connectivity index (χ1) is 6.33. The molecule has 1 heterocycles. The summed E-state index contributed by atoms with van der Waals surface area (Å²) in [6.07, 6.45) is 4.25. The van der Waals surface area contributed by atoms with Crippen LogP contribution in [-0.2, 0) is 4.79 Å². The van der Waals surface area contributed by atoms with Crippen molar-refractivity contribution in [3.63, 3.8) is 0 Å². The molecule has 1 amide bonds. The van der Waals surface area contributed by atoms with E-state index in [0.29, 0.717) is 6.42 Å². The van der Waals surface area contributed by atoms with Crippen molar-refractivity contribution in [3.05, 3.63) is 0 Å². The molecular weight excluding hydrogens is 164 g/mol. The molecule has 0 atom stereocenters. The van der Waals surface area contributed by atoms with E-state index in [-0.39, 0.29) is 5.91 Å². The normalized spacial score (nSPS) is 17.6. The van der Waals surface area contributed by atoms with Gasteiger partial charge in [-0.2, -0.15) is 0 Å². The molecule has 1 aliphatic rings. The van der Waals surface area contributed by atoms with Gasteiger partial charge in [0, 0.05) is 19.5 Å². The highest BCUT2D eigenvalue weighted by Crippen LogP contribution is 2.05. The fourth-order valence-corrected chi connectivity index (χ4v) is 1.68. The first-order valence-corrected chi connectivity index (χ1v) is 5.32. The van der Waals surface area contributed by atoms with Crippen molar-refractivity contribution < 1.29 is 4.79 Å². The molecule has 1 fully saturated rings. The quantitative estimate of drug-likeness (QED) is 0.691. The van der Waals surface area contributed by atoms with Gasteiger partial charge in [-0.15, -0.1) is 0 Å². The van der Waals surface area contributed by atoms with Crippen molar-refractivity contribution in [2.75, 3.05) is 26.2 Å². The monoisotopic (exact) mass is 184 g/mol. The van der Waals surface area contributed by atoms with Crippen molar-refractivity contribution in [2.45, 2.75) is 32.6 Å². The molecular formula is C10H20N2O. The number of likely N-dealkylation sites (tertiary alicyclic amines) is 1. The summed E-state index contributed by atoms with van der Waals surface area (Å²) in [6.45, 7) is 6.29. The molecule has 0 radical (unpaired) electrons. The Morgan fingerprint density at radius 1 is 1.38 bits per heavy atom. The number of rotatable bonds is 5. The molecule has 1 rings (SSSR count). The van der Waals surface area contributed by atoms with E-state index < -0.39 is 0 Å². The third-order valence-corrected chi connectivity index (χ3v) is 2.43. The Labute approximate surface area is 80.5 Å². The van der Waals surface area contributed by atoms with Gasteiger partial charge in [-0.25, -0.2) is 0 Å². The van der Waals surface area contributed by atoms with Crippen LogP contribution in [0.1, 0.15) is 32.6 Å². The van der Waals surface area contributed by atoms with Crippen molar-refractivity contribution in [3.8, 4) is 0 Å². The molecule has 1 N–H and O–H groups in total. The molecule has 0 aromatic heterocycles. The lowest BCUT2D eigenvalue weighted by Crippen LogP contribution is -2.33. The van der Waals surface area contributed by atoms with Crippen molar-refractivity contribution in [1.29, 1.82) is 0 Å². The molecule has 0 aromatic carbocycles. The number of nitrogens with one attached hydrogen (secondary N) is 1. The summed E-state index contributed by atoms with van der Waals surface area (Å²) in [4.78, 5) is 13.5. The van der Waals surface area contributed by atoms with Gasteiger partial charge in [0.05, 0.1) is 0 Å². The summed E-state index contributed by atoms with van der Waals surface area (Å²) in [5.74, 6) is 0.196. The standard InChI is InChI=1S/C10H20N2O/c1-2-5-10(13)11-6-9-12-7-3-4-8-12/h2-9H2,1H3,(H,11,13). The van der Waals surface area contributed by atoms with Crippen LogP contribution in [0, 0.1) is 0 Å². The van der Waals surface area contributed by atoms with Gasteiger partial charge in [-0.05, 0) is 32.4 Å². The Morgan fingerprint density at radius 3 is 2.69 bits per heavy atom. The van der Waals surface area contributed by atoms with Gasteiger partial charge >= 0.3 is 0 Å². The highest BCUT2D eigenvalue weighted by molar-refractivity contribution is 5.75. The van der Waals surface area contributed by atoms with Crippen LogP contribution in [-0.4, -0.2) is 37.0 Å². The first-order valence-electron chi connectivity index (χ1n) is 5.32. The second-order valence-corrected chi connectivity index (χ2v) is 3.65. The maximum atomic E-state index is 11.1. The zero-order valence-electron chi connectivity index (χ0n) is 8.51. The van der Waals surface area contributed by atoms with Crippen molar-refractivity contribution >= 4 is 5.91 Å². The zero-order valence-corrected chi connectivity index (χ0v) is 8.51. The first kappa shape index (κ1) is 10.5. The van der Waals surface area contributed by atoms with Gasteiger partial charge in [0.25, 0.3) is 0 Å². The minimum atomic E-state index is 0.196. The highest BCUT2D eigenvalue weighted by Gasteiger charge is 2.10. The molecule has 0 spiro atoms. The number of amides is 1. The summed E-state index contributed by atoms with van der Waals surface area (Å²) in [7, 11) is 0. The third kappa shape index (κ3) is 4.27. The van der Waals surface area contributed by atoms with Gasteiger partial charge in [0.2, 0.25) is 5.91 Å². The van der Waals surface area contributed by atoms with Gasteiger partial charge in [-0.1, -0.05) is 6.92 Å². The largest absolute Gasteiger partial charge is 0.355 e. The molecule has 1 aliphatic heterocycles. The zero-order chi connectivity index (χ0) is 9.52. The van der Waals surface area contributed by atoms with E-state index in [2.05, 4.69) is 10.2 Å². The maximum absolute atomic E-state index is 11.1. The molecule has 13 heavy (non-hydrogen) atoms. The van der Waals surface area contributed by atoms with E-state index in [1.165, 1.54) is 25.9 Å². The van der Waals surface area contributed by atoms with Gasteiger partial charge in [-0.3, -0.25) is 4.79 Å². The maximum Gasteiger partial charge on any atom is 0.220 e. The number of nitrogens with zero attached hydrogens (tertiary/aromatic N) is 1. The molecule has 0 unspecified atom stereocenters. The number of carbonyl (C=O) groups is 1. The Bertz CT molecular complexity index is 153. The fraction of sp³-hybridized carbons (Fsp3) is 0.900. The predicted molar refractivity (Wildman–Crippen MR) is 53.6 cm³/mol. The SMILES string of the molecule is CCCC(=O)NCCN1CCCC1.